The van der Waals surface area contributed by atoms with Gasteiger partial charge in [-0.25, -0.2) is 9.78 Å². The fraction of sp³-hybridized carbons (Fsp3) is 0.733. The van der Waals surface area contributed by atoms with Crippen molar-refractivity contribution >= 4 is 17.4 Å². The molecule has 0 atom stereocenters. The van der Waals surface area contributed by atoms with Crippen molar-refractivity contribution in [2.24, 2.45) is 0 Å². The molecule has 2 rings (SSSR count). The maximum atomic E-state index is 12.0. The summed E-state index contributed by atoms with van der Waals surface area (Å²) in [4.78, 5) is 18.0. The summed E-state index contributed by atoms with van der Waals surface area (Å²) < 4.78 is 11.4. The summed E-state index contributed by atoms with van der Waals surface area (Å²) >= 11 is 1.60. The minimum atomic E-state index is -0.445. The second-order valence-electron chi connectivity index (χ2n) is 6.63. The standard InChI is InChI=1S/C15H24N2O3S/c1-14(2,3)20-13(18)17-8-5-15(4,6-9-17)19-11-12-16-7-10-21-12/h7,10H,5-6,8-9,11H2,1-4H3. The molecule has 0 aromatic carbocycles. The number of likely N-dealkylation sites (tertiary alicyclic amines) is 1. The Bertz CT molecular complexity index is 460. The van der Waals surface area contributed by atoms with Crippen molar-refractivity contribution in [2.75, 3.05) is 13.1 Å². The Labute approximate surface area is 130 Å². The second-order valence-corrected chi connectivity index (χ2v) is 7.61. The van der Waals surface area contributed by atoms with Crippen molar-refractivity contribution in [3.63, 3.8) is 0 Å². The molecule has 0 aliphatic carbocycles. The van der Waals surface area contributed by atoms with E-state index in [-0.39, 0.29) is 11.7 Å². The van der Waals surface area contributed by atoms with E-state index >= 15 is 0 Å². The van der Waals surface area contributed by atoms with Crippen LogP contribution in [0.2, 0.25) is 0 Å². The molecule has 5 nitrogen and oxygen atoms in total. The van der Waals surface area contributed by atoms with Crippen LogP contribution >= 0.6 is 11.3 Å². The average molecular weight is 312 g/mol. The molecule has 118 valence electrons. The second kappa shape index (κ2) is 6.32. The van der Waals surface area contributed by atoms with E-state index in [1.54, 1.807) is 22.4 Å². The van der Waals surface area contributed by atoms with Crippen molar-refractivity contribution < 1.29 is 14.3 Å². The maximum absolute atomic E-state index is 12.0. The highest BCUT2D eigenvalue weighted by molar-refractivity contribution is 7.09. The molecule has 21 heavy (non-hydrogen) atoms. The summed E-state index contributed by atoms with van der Waals surface area (Å²) in [5, 5.41) is 2.94. The molecule has 0 saturated carbocycles. The number of aromatic nitrogens is 1. The van der Waals surface area contributed by atoms with Crippen LogP contribution < -0.4 is 0 Å². The fourth-order valence-corrected chi connectivity index (χ4v) is 2.72. The molecule has 1 fully saturated rings. The predicted molar refractivity (Wildman–Crippen MR) is 82.3 cm³/mol. The SMILES string of the molecule is CC(C)(C)OC(=O)N1CCC(C)(OCc2nccs2)CC1. The number of thiazole rings is 1. The molecule has 1 aromatic rings. The van der Waals surface area contributed by atoms with Crippen molar-refractivity contribution in [1.82, 2.24) is 9.88 Å². The van der Waals surface area contributed by atoms with Gasteiger partial charge in [0.15, 0.2) is 0 Å². The van der Waals surface area contributed by atoms with Crippen LogP contribution in [0.25, 0.3) is 0 Å². The Hall–Kier alpha value is -1.14. The number of hydrogen-bond donors (Lipinski definition) is 0. The zero-order valence-electron chi connectivity index (χ0n) is 13.2. The average Bonchev–Trinajstić information content (AvgIpc) is 2.88. The van der Waals surface area contributed by atoms with Gasteiger partial charge >= 0.3 is 6.09 Å². The van der Waals surface area contributed by atoms with Gasteiger partial charge in [-0.2, -0.15) is 0 Å². The molecule has 1 aromatic heterocycles. The summed E-state index contributed by atoms with van der Waals surface area (Å²) in [5.74, 6) is 0. The van der Waals surface area contributed by atoms with Crippen LogP contribution in [-0.4, -0.2) is 40.3 Å². The van der Waals surface area contributed by atoms with Crippen molar-refractivity contribution in [2.45, 2.75) is 58.3 Å². The predicted octanol–water partition coefficient (Wildman–Crippen LogP) is 3.45. The highest BCUT2D eigenvalue weighted by atomic mass is 32.1. The first-order chi connectivity index (χ1) is 9.77. The smallest absolute Gasteiger partial charge is 0.410 e. The zero-order valence-corrected chi connectivity index (χ0v) is 14.0. The summed E-state index contributed by atoms with van der Waals surface area (Å²) in [6.07, 6.45) is 3.19. The van der Waals surface area contributed by atoms with E-state index in [1.165, 1.54) is 0 Å². The topological polar surface area (TPSA) is 51.7 Å². The molecule has 0 radical (unpaired) electrons. The van der Waals surface area contributed by atoms with E-state index in [9.17, 15) is 4.79 Å². The number of nitrogens with zero attached hydrogens (tertiary/aromatic N) is 2. The van der Waals surface area contributed by atoms with Gasteiger partial charge in [-0.05, 0) is 40.5 Å². The van der Waals surface area contributed by atoms with Crippen molar-refractivity contribution in [1.29, 1.82) is 0 Å². The molecular formula is C15H24N2O3S. The van der Waals surface area contributed by atoms with Gasteiger partial charge in [-0.1, -0.05) is 0 Å². The van der Waals surface area contributed by atoms with E-state index < -0.39 is 5.60 Å². The summed E-state index contributed by atoms with van der Waals surface area (Å²) in [5.41, 5.74) is -0.636. The van der Waals surface area contributed by atoms with E-state index in [2.05, 4.69) is 11.9 Å². The Morgan fingerprint density at radius 1 is 1.43 bits per heavy atom. The third-order valence-corrected chi connectivity index (χ3v) is 4.25. The van der Waals surface area contributed by atoms with E-state index in [1.807, 2.05) is 26.2 Å². The number of amides is 1. The van der Waals surface area contributed by atoms with Gasteiger partial charge in [-0.3, -0.25) is 0 Å². The number of hydrogen-bond acceptors (Lipinski definition) is 5. The third-order valence-electron chi connectivity index (χ3n) is 3.50. The summed E-state index contributed by atoms with van der Waals surface area (Å²) in [6.45, 7) is 9.64. The minimum absolute atomic E-state index is 0.190. The van der Waals surface area contributed by atoms with Crippen LogP contribution in [0.1, 0.15) is 45.5 Å². The van der Waals surface area contributed by atoms with Gasteiger partial charge in [0.25, 0.3) is 0 Å². The number of carbonyl (C=O) groups is 1. The van der Waals surface area contributed by atoms with Crippen molar-refractivity contribution in [3.8, 4) is 0 Å². The van der Waals surface area contributed by atoms with Crippen LogP contribution in [0.3, 0.4) is 0 Å². The highest BCUT2D eigenvalue weighted by Gasteiger charge is 2.34. The highest BCUT2D eigenvalue weighted by Crippen LogP contribution is 2.28. The lowest BCUT2D eigenvalue weighted by Crippen LogP contribution is -2.47. The van der Waals surface area contributed by atoms with Crippen molar-refractivity contribution in [3.05, 3.63) is 16.6 Å². The summed E-state index contributed by atoms with van der Waals surface area (Å²) in [6, 6.07) is 0. The van der Waals surface area contributed by atoms with Crippen LogP contribution in [0.4, 0.5) is 4.79 Å². The monoisotopic (exact) mass is 312 g/mol. The molecule has 0 unspecified atom stereocenters. The number of ether oxygens (including phenoxy) is 2. The summed E-state index contributed by atoms with van der Waals surface area (Å²) in [7, 11) is 0. The fourth-order valence-electron chi connectivity index (χ4n) is 2.19. The first-order valence-corrected chi connectivity index (χ1v) is 8.16. The van der Waals surface area contributed by atoms with Crippen LogP contribution in [0, 0.1) is 0 Å². The van der Waals surface area contributed by atoms with Gasteiger partial charge < -0.3 is 14.4 Å². The molecule has 1 aliphatic heterocycles. The quantitative estimate of drug-likeness (QED) is 0.858. The lowest BCUT2D eigenvalue weighted by atomic mass is 9.93. The number of piperidine rings is 1. The third kappa shape index (κ3) is 4.97. The Morgan fingerprint density at radius 2 is 2.10 bits per heavy atom. The van der Waals surface area contributed by atoms with E-state index in [4.69, 9.17) is 9.47 Å². The van der Waals surface area contributed by atoms with Crippen LogP contribution in [0.15, 0.2) is 11.6 Å². The van der Waals surface area contributed by atoms with Crippen LogP contribution in [0.5, 0.6) is 0 Å². The minimum Gasteiger partial charge on any atom is -0.444 e. The van der Waals surface area contributed by atoms with E-state index in [0.717, 1.165) is 17.8 Å². The van der Waals surface area contributed by atoms with Gasteiger partial charge in [0.2, 0.25) is 0 Å². The lowest BCUT2D eigenvalue weighted by molar-refractivity contribution is -0.0812. The molecule has 0 spiro atoms. The normalized spacial score (nSPS) is 18.6. The van der Waals surface area contributed by atoms with Gasteiger partial charge in [-0.15, -0.1) is 11.3 Å². The lowest BCUT2D eigenvalue weighted by Gasteiger charge is -2.39. The molecule has 2 heterocycles. The molecule has 0 bridgehead atoms. The largest absolute Gasteiger partial charge is 0.444 e. The molecular weight excluding hydrogens is 288 g/mol. The first kappa shape index (κ1) is 16.2. The van der Waals surface area contributed by atoms with Gasteiger partial charge in [0.05, 0.1) is 12.2 Å². The van der Waals surface area contributed by atoms with Gasteiger partial charge in [0.1, 0.15) is 10.6 Å². The number of rotatable bonds is 3. The molecule has 1 amide bonds. The molecule has 6 heteroatoms. The van der Waals surface area contributed by atoms with E-state index in [0.29, 0.717) is 19.7 Å². The first-order valence-electron chi connectivity index (χ1n) is 7.28. The Balaban J connectivity index is 1.80. The Morgan fingerprint density at radius 3 is 2.62 bits per heavy atom. The Kier molecular flexibility index (Phi) is 4.88. The molecule has 0 N–H and O–H groups in total. The van der Waals surface area contributed by atoms with Crippen LogP contribution in [-0.2, 0) is 16.1 Å². The zero-order chi connectivity index (χ0) is 15.5. The molecule has 1 aliphatic rings. The van der Waals surface area contributed by atoms with Gasteiger partial charge in [0, 0.05) is 24.7 Å². The molecule has 1 saturated heterocycles. The number of carbonyl (C=O) groups excluding carboxylic acids is 1. The maximum Gasteiger partial charge on any atom is 0.410 e.